The van der Waals surface area contributed by atoms with E-state index < -0.39 is 0 Å². The molecule has 0 saturated carbocycles. The van der Waals surface area contributed by atoms with E-state index in [0.717, 1.165) is 17.9 Å². The highest BCUT2D eigenvalue weighted by molar-refractivity contribution is 5.49. The van der Waals surface area contributed by atoms with Crippen LogP contribution < -0.4 is 20.5 Å². The largest absolute Gasteiger partial charge is 0.493 e. The number of hydrogen-bond donors (Lipinski definition) is 2. The van der Waals surface area contributed by atoms with E-state index in [2.05, 4.69) is 18.3 Å². The predicted octanol–water partition coefficient (Wildman–Crippen LogP) is 1.24. The van der Waals surface area contributed by atoms with Crippen LogP contribution in [0.3, 0.4) is 0 Å². The third-order valence-corrected chi connectivity index (χ3v) is 3.27. The number of methoxy groups -OCH3 is 2. The molecule has 1 aliphatic rings. The van der Waals surface area contributed by atoms with E-state index >= 15 is 0 Å². The molecule has 0 amide bonds. The normalized spacial score (nSPS) is 23.1. The van der Waals surface area contributed by atoms with Gasteiger partial charge in [-0.05, 0) is 36.6 Å². The second-order valence-electron chi connectivity index (χ2n) is 4.47. The summed E-state index contributed by atoms with van der Waals surface area (Å²) in [6.45, 7) is 2.76. The molecule has 4 nitrogen and oxygen atoms in total. The SMILES string of the molecule is COc1cc2c(cc1OC)C(CN)NC(C)C2. The minimum atomic E-state index is 0.202. The molecular weight excluding hydrogens is 216 g/mol. The van der Waals surface area contributed by atoms with Gasteiger partial charge in [-0.25, -0.2) is 0 Å². The molecule has 2 atom stereocenters. The quantitative estimate of drug-likeness (QED) is 0.829. The molecule has 2 unspecified atom stereocenters. The van der Waals surface area contributed by atoms with Crippen molar-refractivity contribution in [3.63, 3.8) is 0 Å². The molecule has 4 heteroatoms. The van der Waals surface area contributed by atoms with Gasteiger partial charge in [0.05, 0.1) is 14.2 Å². The number of nitrogens with two attached hydrogens (primary N) is 1. The summed E-state index contributed by atoms with van der Waals surface area (Å²) in [4.78, 5) is 0. The predicted molar refractivity (Wildman–Crippen MR) is 67.6 cm³/mol. The summed E-state index contributed by atoms with van der Waals surface area (Å²) in [5.74, 6) is 1.55. The lowest BCUT2D eigenvalue weighted by Crippen LogP contribution is -2.40. The van der Waals surface area contributed by atoms with Crippen molar-refractivity contribution in [2.24, 2.45) is 5.73 Å². The summed E-state index contributed by atoms with van der Waals surface area (Å²) in [6, 6.07) is 4.74. The second kappa shape index (κ2) is 4.94. The van der Waals surface area contributed by atoms with E-state index in [-0.39, 0.29) is 6.04 Å². The number of nitrogens with one attached hydrogen (secondary N) is 1. The van der Waals surface area contributed by atoms with E-state index in [1.165, 1.54) is 11.1 Å². The molecule has 3 N–H and O–H groups in total. The molecule has 0 saturated heterocycles. The molecule has 2 rings (SSSR count). The maximum atomic E-state index is 5.81. The minimum absolute atomic E-state index is 0.202. The van der Waals surface area contributed by atoms with Crippen molar-refractivity contribution in [2.45, 2.75) is 25.4 Å². The Bertz CT molecular complexity index is 407. The molecule has 0 aromatic heterocycles. The number of rotatable bonds is 3. The molecule has 1 aromatic carbocycles. The van der Waals surface area contributed by atoms with E-state index in [4.69, 9.17) is 15.2 Å². The van der Waals surface area contributed by atoms with Crippen LogP contribution in [0.5, 0.6) is 11.5 Å². The number of fused-ring (bicyclic) bond motifs is 1. The molecule has 0 radical (unpaired) electrons. The van der Waals surface area contributed by atoms with Gasteiger partial charge in [-0.15, -0.1) is 0 Å². The molecule has 0 bridgehead atoms. The number of ether oxygens (including phenoxy) is 2. The maximum absolute atomic E-state index is 5.81. The Hall–Kier alpha value is -1.26. The van der Waals surface area contributed by atoms with Crippen molar-refractivity contribution < 1.29 is 9.47 Å². The number of hydrogen-bond acceptors (Lipinski definition) is 4. The van der Waals surface area contributed by atoms with Gasteiger partial charge in [-0.1, -0.05) is 0 Å². The lowest BCUT2D eigenvalue weighted by atomic mass is 9.90. The van der Waals surface area contributed by atoms with Crippen LogP contribution in [0.4, 0.5) is 0 Å². The van der Waals surface area contributed by atoms with Crippen LogP contribution in [-0.4, -0.2) is 26.8 Å². The van der Waals surface area contributed by atoms with E-state index in [0.29, 0.717) is 12.6 Å². The standard InChI is InChI=1S/C13H20N2O2/c1-8-4-9-5-12(16-2)13(17-3)6-10(9)11(7-14)15-8/h5-6,8,11,15H,4,7,14H2,1-3H3. The Morgan fingerprint density at radius 2 is 1.94 bits per heavy atom. The first-order valence-corrected chi connectivity index (χ1v) is 5.90. The first kappa shape index (κ1) is 12.2. The monoisotopic (exact) mass is 236 g/mol. The first-order chi connectivity index (χ1) is 8.19. The smallest absolute Gasteiger partial charge is 0.161 e. The molecule has 1 heterocycles. The fraction of sp³-hybridized carbons (Fsp3) is 0.538. The van der Waals surface area contributed by atoms with Gasteiger partial charge in [0.1, 0.15) is 0 Å². The van der Waals surface area contributed by atoms with Crippen molar-refractivity contribution in [2.75, 3.05) is 20.8 Å². The summed E-state index contributed by atoms with van der Waals surface area (Å²) < 4.78 is 10.7. The van der Waals surface area contributed by atoms with Crippen LogP contribution in [0.1, 0.15) is 24.1 Å². The highest BCUT2D eigenvalue weighted by atomic mass is 16.5. The highest BCUT2D eigenvalue weighted by Gasteiger charge is 2.24. The van der Waals surface area contributed by atoms with Crippen molar-refractivity contribution in [1.82, 2.24) is 5.32 Å². The molecule has 17 heavy (non-hydrogen) atoms. The maximum Gasteiger partial charge on any atom is 0.161 e. The van der Waals surface area contributed by atoms with Gasteiger partial charge < -0.3 is 20.5 Å². The van der Waals surface area contributed by atoms with Crippen molar-refractivity contribution in [1.29, 1.82) is 0 Å². The van der Waals surface area contributed by atoms with Gasteiger partial charge >= 0.3 is 0 Å². The van der Waals surface area contributed by atoms with Gasteiger partial charge in [-0.3, -0.25) is 0 Å². The fourth-order valence-corrected chi connectivity index (χ4v) is 2.45. The fourth-order valence-electron chi connectivity index (χ4n) is 2.45. The highest BCUT2D eigenvalue weighted by Crippen LogP contribution is 2.35. The van der Waals surface area contributed by atoms with Gasteiger partial charge in [0.15, 0.2) is 11.5 Å². The minimum Gasteiger partial charge on any atom is -0.493 e. The Kier molecular flexibility index (Phi) is 3.54. The van der Waals surface area contributed by atoms with Crippen LogP contribution in [-0.2, 0) is 6.42 Å². The Balaban J connectivity index is 2.47. The van der Waals surface area contributed by atoms with Crippen molar-refractivity contribution >= 4 is 0 Å². The summed E-state index contributed by atoms with van der Waals surface area (Å²) >= 11 is 0. The third kappa shape index (κ3) is 2.23. The van der Waals surface area contributed by atoms with E-state index in [1.807, 2.05) is 6.07 Å². The summed E-state index contributed by atoms with van der Waals surface area (Å²) in [5, 5.41) is 3.49. The zero-order valence-electron chi connectivity index (χ0n) is 10.6. The second-order valence-corrected chi connectivity index (χ2v) is 4.47. The van der Waals surface area contributed by atoms with Crippen molar-refractivity contribution in [3.05, 3.63) is 23.3 Å². The van der Waals surface area contributed by atoms with Gasteiger partial charge in [0.2, 0.25) is 0 Å². The van der Waals surface area contributed by atoms with E-state index in [1.54, 1.807) is 14.2 Å². The molecule has 1 aliphatic heterocycles. The van der Waals surface area contributed by atoms with E-state index in [9.17, 15) is 0 Å². The van der Waals surface area contributed by atoms with Crippen LogP contribution in [0.2, 0.25) is 0 Å². The topological polar surface area (TPSA) is 56.5 Å². The average molecular weight is 236 g/mol. The van der Waals surface area contributed by atoms with Gasteiger partial charge in [-0.2, -0.15) is 0 Å². The van der Waals surface area contributed by atoms with Crippen LogP contribution >= 0.6 is 0 Å². The molecular formula is C13H20N2O2. The summed E-state index contributed by atoms with van der Waals surface area (Å²) in [5.41, 5.74) is 8.33. The van der Waals surface area contributed by atoms with Crippen LogP contribution in [0.25, 0.3) is 0 Å². The first-order valence-electron chi connectivity index (χ1n) is 5.90. The molecule has 0 fully saturated rings. The van der Waals surface area contributed by atoms with Crippen LogP contribution in [0.15, 0.2) is 12.1 Å². The molecule has 0 spiro atoms. The zero-order valence-corrected chi connectivity index (χ0v) is 10.6. The summed E-state index contributed by atoms with van der Waals surface area (Å²) in [6.07, 6.45) is 0.992. The zero-order chi connectivity index (χ0) is 12.4. The Labute approximate surface area is 102 Å². The van der Waals surface area contributed by atoms with Gasteiger partial charge in [0, 0.05) is 18.6 Å². The van der Waals surface area contributed by atoms with Crippen LogP contribution in [0, 0.1) is 0 Å². The molecule has 94 valence electrons. The van der Waals surface area contributed by atoms with Crippen molar-refractivity contribution in [3.8, 4) is 11.5 Å². The lowest BCUT2D eigenvalue weighted by molar-refractivity contribution is 0.350. The molecule has 0 aliphatic carbocycles. The lowest BCUT2D eigenvalue weighted by Gasteiger charge is -2.31. The Morgan fingerprint density at radius 1 is 1.29 bits per heavy atom. The molecule has 1 aromatic rings. The number of benzene rings is 1. The third-order valence-electron chi connectivity index (χ3n) is 3.27. The average Bonchev–Trinajstić information content (AvgIpc) is 2.35. The Morgan fingerprint density at radius 3 is 2.53 bits per heavy atom. The summed E-state index contributed by atoms with van der Waals surface area (Å²) in [7, 11) is 3.32. The van der Waals surface area contributed by atoms with Gasteiger partial charge in [0.25, 0.3) is 0 Å².